The SMILES string of the molecule is CCn1ncc(S(=O)(=O)n2cc(C3=CCN(C)CC3)c3cc(F)ccc32)c1C. The molecule has 3 aromatic rings. The Morgan fingerprint density at radius 2 is 2.07 bits per heavy atom. The number of benzene rings is 1. The predicted molar refractivity (Wildman–Crippen MR) is 107 cm³/mol. The molecule has 0 fully saturated rings. The van der Waals surface area contributed by atoms with Crippen molar-refractivity contribution in [2.24, 2.45) is 0 Å². The van der Waals surface area contributed by atoms with E-state index in [4.69, 9.17) is 0 Å². The van der Waals surface area contributed by atoms with Crippen molar-refractivity contribution in [3.63, 3.8) is 0 Å². The molecule has 1 aromatic carbocycles. The predicted octanol–water partition coefficient (Wildman–Crippen LogP) is 3.26. The summed E-state index contributed by atoms with van der Waals surface area (Å²) in [6.45, 7) is 5.91. The van der Waals surface area contributed by atoms with E-state index in [0.717, 1.165) is 30.6 Å². The van der Waals surface area contributed by atoms with Crippen molar-refractivity contribution in [2.75, 3.05) is 20.1 Å². The van der Waals surface area contributed by atoms with Crippen molar-refractivity contribution >= 4 is 26.5 Å². The topological polar surface area (TPSA) is 60.1 Å². The first-order valence-electron chi connectivity index (χ1n) is 9.29. The molecule has 0 aliphatic carbocycles. The molecular formula is C20H23FN4O2S. The van der Waals surface area contributed by atoms with Crippen molar-refractivity contribution in [2.45, 2.75) is 31.7 Å². The van der Waals surface area contributed by atoms with Gasteiger partial charge in [0.1, 0.15) is 10.7 Å². The second-order valence-electron chi connectivity index (χ2n) is 7.16. The molecule has 0 spiro atoms. The molecule has 6 nitrogen and oxygen atoms in total. The van der Waals surface area contributed by atoms with Gasteiger partial charge in [-0.3, -0.25) is 4.68 Å². The third kappa shape index (κ3) is 2.97. The van der Waals surface area contributed by atoms with Crippen LogP contribution in [0.25, 0.3) is 16.5 Å². The van der Waals surface area contributed by atoms with Crippen LogP contribution in [0.4, 0.5) is 4.39 Å². The van der Waals surface area contributed by atoms with Crippen molar-refractivity contribution in [1.82, 2.24) is 18.7 Å². The summed E-state index contributed by atoms with van der Waals surface area (Å²) in [5.74, 6) is -0.382. The van der Waals surface area contributed by atoms with E-state index in [0.29, 0.717) is 23.1 Å². The fourth-order valence-electron chi connectivity index (χ4n) is 3.75. The third-order valence-corrected chi connectivity index (χ3v) is 7.16. The first-order valence-corrected chi connectivity index (χ1v) is 10.7. The monoisotopic (exact) mass is 402 g/mol. The van der Waals surface area contributed by atoms with E-state index in [1.807, 2.05) is 14.0 Å². The zero-order valence-electron chi connectivity index (χ0n) is 16.2. The van der Waals surface area contributed by atoms with Crippen molar-refractivity contribution in [1.29, 1.82) is 0 Å². The third-order valence-electron chi connectivity index (χ3n) is 5.39. The molecule has 8 heteroatoms. The number of fused-ring (bicyclic) bond motifs is 1. The van der Waals surface area contributed by atoms with Gasteiger partial charge in [0.2, 0.25) is 0 Å². The van der Waals surface area contributed by atoms with Crippen molar-refractivity contribution in [3.05, 3.63) is 53.7 Å². The van der Waals surface area contributed by atoms with Gasteiger partial charge in [-0.15, -0.1) is 0 Å². The molecule has 2 aromatic heterocycles. The lowest BCUT2D eigenvalue weighted by molar-refractivity contribution is 0.370. The molecule has 0 N–H and O–H groups in total. The summed E-state index contributed by atoms with van der Waals surface area (Å²) < 4.78 is 43.7. The lowest BCUT2D eigenvalue weighted by Gasteiger charge is -2.21. The van der Waals surface area contributed by atoms with Crippen LogP contribution in [0, 0.1) is 12.7 Å². The molecule has 0 amide bonds. The van der Waals surface area contributed by atoms with Crippen LogP contribution in [-0.2, 0) is 16.6 Å². The summed E-state index contributed by atoms with van der Waals surface area (Å²) in [5, 5.41) is 4.78. The molecule has 0 saturated carbocycles. The zero-order chi connectivity index (χ0) is 20.1. The normalized spacial score (nSPS) is 15.9. The van der Waals surface area contributed by atoms with Crippen LogP contribution in [-0.4, -0.2) is 47.2 Å². The highest BCUT2D eigenvalue weighted by atomic mass is 32.2. The Hall–Kier alpha value is -2.45. The number of hydrogen-bond acceptors (Lipinski definition) is 4. The van der Waals surface area contributed by atoms with E-state index in [-0.39, 0.29) is 10.7 Å². The van der Waals surface area contributed by atoms with E-state index in [9.17, 15) is 12.8 Å². The van der Waals surface area contributed by atoms with Gasteiger partial charge >= 0.3 is 0 Å². The van der Waals surface area contributed by atoms with Gasteiger partial charge in [-0.1, -0.05) is 6.08 Å². The molecule has 3 heterocycles. The smallest absolute Gasteiger partial charge is 0.271 e. The Kier molecular flexibility index (Phi) is 4.63. The van der Waals surface area contributed by atoms with E-state index in [1.54, 1.807) is 17.8 Å². The van der Waals surface area contributed by atoms with E-state index in [2.05, 4.69) is 16.1 Å². The second kappa shape index (κ2) is 6.86. The molecule has 0 bridgehead atoms. The average molecular weight is 402 g/mol. The lowest BCUT2D eigenvalue weighted by Crippen LogP contribution is -2.23. The standard InChI is InChI=1S/C20H23FN4O2S/c1-4-24-14(2)20(12-22-24)28(26,27)25-13-18(15-7-9-23(3)10-8-15)17-11-16(21)5-6-19(17)25/h5-7,11-13H,4,8-10H2,1-3H3. The number of rotatable bonds is 4. The number of likely N-dealkylation sites (N-methyl/N-ethyl adjacent to an activating group) is 1. The van der Waals surface area contributed by atoms with Crippen LogP contribution in [0.3, 0.4) is 0 Å². The molecular weight excluding hydrogens is 379 g/mol. The summed E-state index contributed by atoms with van der Waals surface area (Å²) in [4.78, 5) is 2.35. The lowest BCUT2D eigenvalue weighted by atomic mass is 9.99. The van der Waals surface area contributed by atoms with Gasteiger partial charge in [-0.25, -0.2) is 16.8 Å². The Labute approximate surface area is 163 Å². The van der Waals surface area contributed by atoms with Crippen LogP contribution in [0.15, 0.2) is 41.6 Å². The van der Waals surface area contributed by atoms with Crippen LogP contribution in [0.5, 0.6) is 0 Å². The summed E-state index contributed by atoms with van der Waals surface area (Å²) in [6, 6.07) is 4.24. The number of nitrogens with zero attached hydrogens (tertiary/aromatic N) is 4. The van der Waals surface area contributed by atoms with Gasteiger partial charge in [0.05, 0.1) is 17.4 Å². The minimum Gasteiger partial charge on any atom is -0.302 e. The van der Waals surface area contributed by atoms with Crippen molar-refractivity contribution < 1.29 is 12.8 Å². The fourth-order valence-corrected chi connectivity index (χ4v) is 5.28. The maximum Gasteiger partial charge on any atom is 0.271 e. The van der Waals surface area contributed by atoms with Crippen LogP contribution < -0.4 is 0 Å². The maximum atomic E-state index is 14.0. The molecule has 0 atom stereocenters. The maximum absolute atomic E-state index is 14.0. The summed E-state index contributed by atoms with van der Waals surface area (Å²) in [6.07, 6.45) is 5.89. The fraction of sp³-hybridized carbons (Fsp3) is 0.350. The van der Waals surface area contributed by atoms with Gasteiger partial charge < -0.3 is 4.90 Å². The Morgan fingerprint density at radius 1 is 1.29 bits per heavy atom. The van der Waals surface area contributed by atoms with Crippen LogP contribution in [0.1, 0.15) is 24.6 Å². The molecule has 1 aliphatic heterocycles. The molecule has 28 heavy (non-hydrogen) atoms. The highest BCUT2D eigenvalue weighted by Gasteiger charge is 2.27. The molecule has 1 aliphatic rings. The molecule has 148 valence electrons. The number of aromatic nitrogens is 3. The summed E-state index contributed by atoms with van der Waals surface area (Å²) in [7, 11) is -1.82. The minimum atomic E-state index is -3.85. The molecule has 4 rings (SSSR count). The average Bonchev–Trinajstić information content (AvgIpc) is 3.23. The van der Waals surface area contributed by atoms with Gasteiger partial charge in [-0.05, 0) is 51.1 Å². The summed E-state index contributed by atoms with van der Waals surface area (Å²) in [5.41, 5.74) is 2.88. The summed E-state index contributed by atoms with van der Waals surface area (Å²) >= 11 is 0. The molecule has 0 unspecified atom stereocenters. The van der Waals surface area contributed by atoms with Gasteiger partial charge in [-0.2, -0.15) is 5.10 Å². The number of aryl methyl sites for hydroxylation is 1. The highest BCUT2D eigenvalue weighted by molar-refractivity contribution is 7.90. The van der Waals surface area contributed by atoms with Gasteiger partial charge in [0.25, 0.3) is 10.0 Å². The highest BCUT2D eigenvalue weighted by Crippen LogP contribution is 2.34. The van der Waals surface area contributed by atoms with Gasteiger partial charge in [0.15, 0.2) is 0 Å². The Balaban J connectivity index is 1.94. The minimum absolute atomic E-state index is 0.166. The first kappa shape index (κ1) is 18.9. The van der Waals surface area contributed by atoms with Gasteiger partial charge in [0, 0.05) is 36.8 Å². The molecule has 0 radical (unpaired) electrons. The Bertz CT molecular complexity index is 1190. The second-order valence-corrected chi connectivity index (χ2v) is 8.94. The van der Waals surface area contributed by atoms with E-state index in [1.165, 1.54) is 28.4 Å². The van der Waals surface area contributed by atoms with Crippen molar-refractivity contribution in [3.8, 4) is 0 Å². The van der Waals surface area contributed by atoms with Crippen LogP contribution in [0.2, 0.25) is 0 Å². The molecule has 0 saturated heterocycles. The largest absolute Gasteiger partial charge is 0.302 e. The number of hydrogen-bond donors (Lipinski definition) is 0. The Morgan fingerprint density at radius 3 is 2.71 bits per heavy atom. The van der Waals surface area contributed by atoms with E-state index >= 15 is 0 Å². The first-order chi connectivity index (χ1) is 13.3. The zero-order valence-corrected chi connectivity index (χ0v) is 17.0. The number of halogens is 1. The van der Waals surface area contributed by atoms with Crippen LogP contribution >= 0.6 is 0 Å². The van der Waals surface area contributed by atoms with E-state index < -0.39 is 10.0 Å². The quantitative estimate of drug-likeness (QED) is 0.672.